The standard InChI is InChI=1S/C15H21ClN2O/c1-11-4-5-12(16)10-13(11)14(19)18-8-6-15(2,17-3)7-9-18/h4-5,10,17H,6-9H2,1-3H3. The van der Waals surface area contributed by atoms with E-state index in [1.165, 1.54) is 0 Å². The predicted molar refractivity (Wildman–Crippen MR) is 78.8 cm³/mol. The van der Waals surface area contributed by atoms with E-state index in [1.807, 2.05) is 31.0 Å². The normalized spacial score (nSPS) is 18.4. The average Bonchev–Trinajstić information content (AvgIpc) is 2.42. The lowest BCUT2D eigenvalue weighted by Crippen LogP contribution is -2.51. The highest BCUT2D eigenvalue weighted by Crippen LogP contribution is 2.24. The van der Waals surface area contributed by atoms with E-state index in [0.717, 1.165) is 37.1 Å². The van der Waals surface area contributed by atoms with Gasteiger partial charge in [-0.15, -0.1) is 0 Å². The predicted octanol–water partition coefficient (Wildman–Crippen LogP) is 2.86. The van der Waals surface area contributed by atoms with Crippen molar-refractivity contribution in [2.24, 2.45) is 0 Å². The first kappa shape index (κ1) is 14.4. The van der Waals surface area contributed by atoms with Crippen LogP contribution in [0.4, 0.5) is 0 Å². The second-order valence-electron chi connectivity index (χ2n) is 5.56. The minimum absolute atomic E-state index is 0.0955. The molecule has 1 aliphatic rings. The Morgan fingerprint density at radius 2 is 2.00 bits per heavy atom. The molecular weight excluding hydrogens is 260 g/mol. The molecule has 2 rings (SSSR count). The Morgan fingerprint density at radius 3 is 2.58 bits per heavy atom. The zero-order valence-electron chi connectivity index (χ0n) is 11.8. The molecule has 1 N–H and O–H groups in total. The van der Waals surface area contributed by atoms with Crippen molar-refractivity contribution in [3.63, 3.8) is 0 Å². The van der Waals surface area contributed by atoms with E-state index >= 15 is 0 Å². The molecule has 4 heteroatoms. The number of hydrogen-bond acceptors (Lipinski definition) is 2. The van der Waals surface area contributed by atoms with Crippen LogP contribution in [0.2, 0.25) is 5.02 Å². The number of aryl methyl sites for hydroxylation is 1. The van der Waals surface area contributed by atoms with E-state index in [9.17, 15) is 4.79 Å². The molecule has 1 fully saturated rings. The topological polar surface area (TPSA) is 32.3 Å². The highest BCUT2D eigenvalue weighted by atomic mass is 35.5. The number of amides is 1. The maximum Gasteiger partial charge on any atom is 0.254 e. The van der Waals surface area contributed by atoms with Crippen molar-refractivity contribution in [2.45, 2.75) is 32.2 Å². The monoisotopic (exact) mass is 280 g/mol. The molecule has 0 aromatic heterocycles. The van der Waals surface area contributed by atoms with Gasteiger partial charge in [0.25, 0.3) is 5.91 Å². The van der Waals surface area contributed by atoms with Crippen LogP contribution in [0, 0.1) is 6.92 Å². The highest BCUT2D eigenvalue weighted by molar-refractivity contribution is 6.31. The van der Waals surface area contributed by atoms with Crippen LogP contribution in [0.3, 0.4) is 0 Å². The molecule has 0 aliphatic carbocycles. The van der Waals surface area contributed by atoms with Crippen LogP contribution in [0.5, 0.6) is 0 Å². The number of likely N-dealkylation sites (tertiary alicyclic amines) is 1. The Bertz CT molecular complexity index is 479. The number of carbonyl (C=O) groups excluding carboxylic acids is 1. The highest BCUT2D eigenvalue weighted by Gasteiger charge is 2.31. The van der Waals surface area contributed by atoms with Gasteiger partial charge < -0.3 is 10.2 Å². The molecule has 0 saturated carbocycles. The van der Waals surface area contributed by atoms with Crippen molar-refractivity contribution < 1.29 is 4.79 Å². The lowest BCUT2D eigenvalue weighted by atomic mass is 9.89. The summed E-state index contributed by atoms with van der Waals surface area (Å²) in [5.41, 5.74) is 1.86. The van der Waals surface area contributed by atoms with Crippen LogP contribution in [-0.2, 0) is 0 Å². The Kier molecular flexibility index (Phi) is 4.16. The molecule has 1 aromatic rings. The van der Waals surface area contributed by atoms with Gasteiger partial charge in [-0.2, -0.15) is 0 Å². The Hall–Kier alpha value is -1.06. The molecule has 0 bridgehead atoms. The second-order valence-corrected chi connectivity index (χ2v) is 6.00. The largest absolute Gasteiger partial charge is 0.339 e. The summed E-state index contributed by atoms with van der Waals surface area (Å²) in [6, 6.07) is 5.49. The van der Waals surface area contributed by atoms with Crippen molar-refractivity contribution in [3.8, 4) is 0 Å². The fraction of sp³-hybridized carbons (Fsp3) is 0.533. The van der Waals surface area contributed by atoms with Crippen molar-refractivity contribution in [2.75, 3.05) is 20.1 Å². The molecule has 0 spiro atoms. The van der Waals surface area contributed by atoms with Gasteiger partial charge in [-0.25, -0.2) is 0 Å². The number of piperidine rings is 1. The van der Waals surface area contributed by atoms with Crippen LogP contribution in [-0.4, -0.2) is 36.5 Å². The Morgan fingerprint density at radius 1 is 1.37 bits per heavy atom. The van der Waals surface area contributed by atoms with Gasteiger partial charge in [0.2, 0.25) is 0 Å². The van der Waals surface area contributed by atoms with E-state index in [4.69, 9.17) is 11.6 Å². The third-order valence-electron chi connectivity index (χ3n) is 4.19. The Balaban J connectivity index is 2.11. The summed E-state index contributed by atoms with van der Waals surface area (Å²) in [5, 5.41) is 3.96. The van der Waals surface area contributed by atoms with Gasteiger partial charge in [-0.05, 0) is 51.4 Å². The summed E-state index contributed by atoms with van der Waals surface area (Å²) in [4.78, 5) is 14.4. The minimum atomic E-state index is 0.0955. The third kappa shape index (κ3) is 3.10. The van der Waals surface area contributed by atoms with Gasteiger partial charge >= 0.3 is 0 Å². The molecule has 104 valence electrons. The first-order valence-electron chi connectivity index (χ1n) is 6.69. The van der Waals surface area contributed by atoms with Crippen molar-refractivity contribution in [3.05, 3.63) is 34.3 Å². The summed E-state index contributed by atoms with van der Waals surface area (Å²) in [6.07, 6.45) is 1.96. The van der Waals surface area contributed by atoms with E-state index < -0.39 is 0 Å². The fourth-order valence-electron chi connectivity index (χ4n) is 2.45. The summed E-state index contributed by atoms with van der Waals surface area (Å²) in [5.74, 6) is 0.0955. The number of nitrogens with one attached hydrogen (secondary N) is 1. The van der Waals surface area contributed by atoms with Gasteiger partial charge in [0.15, 0.2) is 0 Å². The van der Waals surface area contributed by atoms with Gasteiger partial charge in [0.05, 0.1) is 0 Å². The Labute approximate surface area is 119 Å². The maximum atomic E-state index is 12.5. The van der Waals surface area contributed by atoms with Crippen LogP contribution < -0.4 is 5.32 Å². The molecule has 0 atom stereocenters. The van der Waals surface area contributed by atoms with Gasteiger partial charge in [0.1, 0.15) is 0 Å². The van der Waals surface area contributed by atoms with Crippen LogP contribution in [0.1, 0.15) is 35.7 Å². The van der Waals surface area contributed by atoms with E-state index in [2.05, 4.69) is 12.2 Å². The summed E-state index contributed by atoms with van der Waals surface area (Å²) < 4.78 is 0. The number of nitrogens with zero attached hydrogens (tertiary/aromatic N) is 1. The van der Waals surface area contributed by atoms with Crippen LogP contribution in [0.15, 0.2) is 18.2 Å². The van der Waals surface area contributed by atoms with E-state index in [0.29, 0.717) is 5.02 Å². The molecule has 1 saturated heterocycles. The number of rotatable bonds is 2. The number of carbonyl (C=O) groups is 1. The molecule has 19 heavy (non-hydrogen) atoms. The zero-order chi connectivity index (χ0) is 14.0. The van der Waals surface area contributed by atoms with Gasteiger partial charge in [-0.1, -0.05) is 17.7 Å². The second kappa shape index (κ2) is 5.51. The summed E-state index contributed by atoms with van der Waals surface area (Å²) in [6.45, 7) is 5.74. The lowest BCUT2D eigenvalue weighted by molar-refractivity contribution is 0.0661. The first-order valence-corrected chi connectivity index (χ1v) is 7.07. The molecule has 1 aliphatic heterocycles. The van der Waals surface area contributed by atoms with Crippen LogP contribution >= 0.6 is 11.6 Å². The molecular formula is C15H21ClN2O. The molecule has 1 aromatic carbocycles. The van der Waals surface area contributed by atoms with Crippen molar-refractivity contribution in [1.82, 2.24) is 10.2 Å². The molecule has 1 heterocycles. The molecule has 3 nitrogen and oxygen atoms in total. The van der Waals surface area contributed by atoms with Gasteiger partial charge in [-0.3, -0.25) is 4.79 Å². The summed E-state index contributed by atoms with van der Waals surface area (Å²) in [7, 11) is 1.98. The number of hydrogen-bond donors (Lipinski definition) is 1. The zero-order valence-corrected chi connectivity index (χ0v) is 12.5. The van der Waals surface area contributed by atoms with E-state index in [-0.39, 0.29) is 11.4 Å². The SMILES string of the molecule is CNC1(C)CCN(C(=O)c2cc(Cl)ccc2C)CC1. The van der Waals surface area contributed by atoms with Gasteiger partial charge in [0, 0.05) is 29.2 Å². The molecule has 1 amide bonds. The molecule has 0 unspecified atom stereocenters. The van der Waals surface area contributed by atoms with Crippen molar-refractivity contribution in [1.29, 1.82) is 0 Å². The van der Waals surface area contributed by atoms with Crippen LogP contribution in [0.25, 0.3) is 0 Å². The third-order valence-corrected chi connectivity index (χ3v) is 4.42. The fourth-order valence-corrected chi connectivity index (χ4v) is 2.62. The number of halogens is 1. The van der Waals surface area contributed by atoms with E-state index in [1.54, 1.807) is 6.07 Å². The maximum absolute atomic E-state index is 12.5. The first-order chi connectivity index (χ1) is 8.95. The smallest absolute Gasteiger partial charge is 0.254 e. The number of benzene rings is 1. The summed E-state index contributed by atoms with van der Waals surface area (Å²) >= 11 is 5.99. The van der Waals surface area contributed by atoms with Crippen molar-refractivity contribution >= 4 is 17.5 Å². The lowest BCUT2D eigenvalue weighted by Gasteiger charge is -2.39. The quantitative estimate of drug-likeness (QED) is 0.903. The minimum Gasteiger partial charge on any atom is -0.339 e. The molecule has 0 radical (unpaired) electrons. The average molecular weight is 281 g/mol.